The van der Waals surface area contributed by atoms with E-state index in [9.17, 15) is 36.2 Å². The van der Waals surface area contributed by atoms with Crippen LogP contribution in [-0.2, 0) is 19.5 Å². The summed E-state index contributed by atoms with van der Waals surface area (Å²) in [7, 11) is -3.55. The lowest BCUT2D eigenvalue weighted by Crippen LogP contribution is -2.45. The summed E-state index contributed by atoms with van der Waals surface area (Å²) in [5, 5.41) is 26.1. The predicted octanol–water partition coefficient (Wildman–Crippen LogP) is 1.35. The van der Waals surface area contributed by atoms with Crippen molar-refractivity contribution in [2.75, 3.05) is 32.8 Å². The molecule has 7 unspecified atom stereocenters. The molecule has 0 amide bonds. The smallest absolute Gasteiger partial charge is 0.378 e. The van der Waals surface area contributed by atoms with Gasteiger partial charge in [-0.05, 0) is 56.3 Å². The van der Waals surface area contributed by atoms with E-state index >= 15 is 0 Å². The normalized spacial score (nSPS) is 38.7. The molecule has 0 spiro atoms. The minimum absolute atomic E-state index is 0.00266. The lowest BCUT2D eigenvalue weighted by molar-refractivity contribution is -0.347. The maximum Gasteiger partial charge on any atom is 0.522 e. The van der Waals surface area contributed by atoms with Crippen molar-refractivity contribution in [3.8, 4) is 0 Å². The molecule has 2 saturated carbocycles. The van der Waals surface area contributed by atoms with Crippen LogP contribution in [0.4, 0.5) is 17.6 Å². The summed E-state index contributed by atoms with van der Waals surface area (Å²) >= 11 is 0. The minimum Gasteiger partial charge on any atom is -0.378 e. The van der Waals surface area contributed by atoms with Crippen molar-refractivity contribution in [2.45, 2.75) is 81.5 Å². The summed E-state index contributed by atoms with van der Waals surface area (Å²) in [5.74, 6) is -0.146. The molecule has 0 aromatic carbocycles. The van der Waals surface area contributed by atoms with Gasteiger partial charge < -0.3 is 14.9 Å². The minimum atomic E-state index is -4.78. The Kier molecular flexibility index (Phi) is 8.87. The van der Waals surface area contributed by atoms with Crippen LogP contribution in [0, 0.1) is 23.7 Å². The molecule has 2 heterocycles. The van der Waals surface area contributed by atoms with Crippen LogP contribution in [0.15, 0.2) is 0 Å². The number of hydrogen-bond acceptors (Lipinski definition) is 8. The van der Waals surface area contributed by atoms with Gasteiger partial charge in [-0.1, -0.05) is 0 Å². The maximum absolute atomic E-state index is 14.4. The number of hydrogen-bond donors (Lipinski definition) is 3. The first-order valence-corrected chi connectivity index (χ1v) is 14.3. The first kappa shape index (κ1) is 28.4. The molecule has 0 bridgehead atoms. The summed E-state index contributed by atoms with van der Waals surface area (Å²) in [6.45, 7) is 2.33. The Morgan fingerprint density at radius 2 is 1.53 bits per heavy atom. The monoisotopic (exact) mass is 547 g/mol. The molecule has 2 aliphatic heterocycles. The zero-order valence-electron chi connectivity index (χ0n) is 20.1. The molecule has 14 heteroatoms. The molecule has 4 aliphatic rings. The van der Waals surface area contributed by atoms with E-state index in [1.807, 2.05) is 4.90 Å². The van der Waals surface area contributed by atoms with Gasteiger partial charge in [-0.15, -0.1) is 13.2 Å². The van der Waals surface area contributed by atoms with E-state index in [-0.39, 0.29) is 43.6 Å². The number of primary sulfonamides is 1. The van der Waals surface area contributed by atoms with Gasteiger partial charge in [0.1, 0.15) is 12.4 Å². The number of aliphatic hydroxyl groups is 2. The van der Waals surface area contributed by atoms with Gasteiger partial charge in [0, 0.05) is 38.5 Å². The Hall–Kier alpha value is -0.610. The first-order chi connectivity index (χ1) is 16.8. The number of rotatable bonds is 8. The average molecular weight is 548 g/mol. The molecule has 9 nitrogen and oxygen atoms in total. The second-order valence-electron chi connectivity index (χ2n) is 10.9. The number of nitrogens with two attached hydrogens (primary N) is 1. The van der Waals surface area contributed by atoms with Crippen LogP contribution in [-0.4, -0.2) is 97.7 Å². The maximum atomic E-state index is 14.4. The highest BCUT2D eigenvalue weighted by atomic mass is 32.2. The predicted molar refractivity (Wildman–Crippen MR) is 120 cm³/mol. The third-order valence-corrected chi connectivity index (χ3v) is 9.85. The standard InChI is InChI=1S/C22H37F4N3O6S/c23-19-7-17(35-22(24,25)26)4-1-14(19)12-34-21(31)29-10-15-8-28(9-16(15)11-29)20(30)13-2-5-18(6-3-13)36(27,32)33/h13-21,30-31H,1-12H2,(H2,27,32,33). The Bertz CT molecular complexity index is 830. The van der Waals surface area contributed by atoms with Gasteiger partial charge in [0.25, 0.3) is 0 Å². The molecule has 0 aromatic heterocycles. The topological polar surface area (TPSA) is 126 Å². The number of fused-ring (bicyclic) bond motifs is 1. The Balaban J connectivity index is 1.17. The lowest BCUT2D eigenvalue weighted by atomic mass is 9.86. The second kappa shape index (κ2) is 11.2. The van der Waals surface area contributed by atoms with Gasteiger partial charge in [0.15, 0.2) is 0 Å². The van der Waals surface area contributed by atoms with E-state index in [0.29, 0.717) is 51.9 Å². The van der Waals surface area contributed by atoms with Crippen molar-refractivity contribution in [1.29, 1.82) is 0 Å². The molecule has 4 N–H and O–H groups in total. The van der Waals surface area contributed by atoms with Crippen LogP contribution in [0.5, 0.6) is 0 Å². The highest BCUT2D eigenvalue weighted by molar-refractivity contribution is 7.89. The van der Waals surface area contributed by atoms with Gasteiger partial charge >= 0.3 is 6.36 Å². The van der Waals surface area contributed by atoms with Crippen molar-refractivity contribution in [3.63, 3.8) is 0 Å². The number of likely N-dealkylation sites (tertiary alicyclic amines) is 2. The number of aliphatic hydroxyl groups excluding tert-OH is 2. The van der Waals surface area contributed by atoms with Crippen LogP contribution in [0.3, 0.4) is 0 Å². The molecule has 0 aromatic rings. The SMILES string of the molecule is NS(=O)(=O)C1CCC(C(O)N2CC3CN(C(O)OCC4CCC(OC(F)(F)F)CC4F)CC3C2)CC1. The van der Waals surface area contributed by atoms with Crippen molar-refractivity contribution in [3.05, 3.63) is 0 Å². The molecule has 4 rings (SSSR count). The van der Waals surface area contributed by atoms with Crippen molar-refractivity contribution >= 4 is 10.0 Å². The fourth-order valence-electron chi connectivity index (χ4n) is 6.42. The number of halogens is 4. The van der Waals surface area contributed by atoms with Gasteiger partial charge in [0.05, 0.1) is 18.0 Å². The fraction of sp³-hybridized carbons (Fsp3) is 1.00. The van der Waals surface area contributed by atoms with E-state index in [2.05, 4.69) is 4.74 Å². The molecule has 36 heavy (non-hydrogen) atoms. The van der Waals surface area contributed by atoms with Gasteiger partial charge in [0.2, 0.25) is 16.4 Å². The third kappa shape index (κ3) is 7.07. The lowest BCUT2D eigenvalue weighted by Gasteiger charge is -2.36. The van der Waals surface area contributed by atoms with Gasteiger partial charge in [-0.3, -0.25) is 14.5 Å². The summed E-state index contributed by atoms with van der Waals surface area (Å²) in [4.78, 5) is 3.79. The average Bonchev–Trinajstić information content (AvgIpc) is 3.36. The van der Waals surface area contributed by atoms with Crippen LogP contribution in [0.2, 0.25) is 0 Å². The quantitative estimate of drug-likeness (QED) is 0.307. The Morgan fingerprint density at radius 3 is 2.06 bits per heavy atom. The molecule has 210 valence electrons. The number of alkyl halides is 4. The van der Waals surface area contributed by atoms with E-state index in [0.717, 1.165) is 0 Å². The second-order valence-corrected chi connectivity index (χ2v) is 12.7. The molecule has 2 aliphatic carbocycles. The van der Waals surface area contributed by atoms with Crippen LogP contribution in [0.1, 0.15) is 44.9 Å². The molecule has 0 radical (unpaired) electrons. The number of sulfonamides is 1. The van der Waals surface area contributed by atoms with Crippen molar-refractivity contribution in [1.82, 2.24) is 9.80 Å². The first-order valence-electron chi connectivity index (χ1n) is 12.7. The van der Waals surface area contributed by atoms with Crippen LogP contribution < -0.4 is 5.14 Å². The highest BCUT2D eigenvalue weighted by Crippen LogP contribution is 2.38. The summed E-state index contributed by atoms with van der Waals surface area (Å²) < 4.78 is 84.0. The summed E-state index contributed by atoms with van der Waals surface area (Å²) in [6, 6.07) is 0. The molecule has 7 atom stereocenters. The van der Waals surface area contributed by atoms with E-state index < -0.39 is 52.5 Å². The largest absolute Gasteiger partial charge is 0.522 e. The number of nitrogens with zero attached hydrogens (tertiary/aromatic N) is 2. The Labute approximate surface area is 208 Å². The fourth-order valence-corrected chi connectivity index (χ4v) is 7.35. The molecular formula is C22H37F4N3O6S. The third-order valence-electron chi connectivity index (χ3n) is 8.45. The van der Waals surface area contributed by atoms with Crippen molar-refractivity contribution in [2.24, 2.45) is 28.8 Å². The van der Waals surface area contributed by atoms with Crippen molar-refractivity contribution < 1.29 is 45.7 Å². The van der Waals surface area contributed by atoms with E-state index in [1.165, 1.54) is 0 Å². The van der Waals surface area contributed by atoms with E-state index in [1.54, 1.807) is 4.90 Å². The molecule has 4 fully saturated rings. The summed E-state index contributed by atoms with van der Waals surface area (Å²) in [5.41, 5.74) is 0. The zero-order valence-corrected chi connectivity index (χ0v) is 20.9. The molecule has 2 saturated heterocycles. The summed E-state index contributed by atoms with van der Waals surface area (Å²) in [6.07, 6.45) is -7.30. The zero-order chi connectivity index (χ0) is 26.3. The number of ether oxygens (including phenoxy) is 2. The van der Waals surface area contributed by atoms with Crippen LogP contribution in [0.25, 0.3) is 0 Å². The highest BCUT2D eigenvalue weighted by Gasteiger charge is 2.46. The van der Waals surface area contributed by atoms with E-state index in [4.69, 9.17) is 9.88 Å². The van der Waals surface area contributed by atoms with Gasteiger partial charge in [-0.2, -0.15) is 0 Å². The van der Waals surface area contributed by atoms with Gasteiger partial charge in [-0.25, -0.2) is 17.9 Å². The molecular weight excluding hydrogens is 510 g/mol. The Morgan fingerprint density at radius 1 is 0.944 bits per heavy atom. The van der Waals surface area contributed by atoms with Crippen LogP contribution >= 0.6 is 0 Å².